The first-order chi connectivity index (χ1) is 26.1. The van der Waals surface area contributed by atoms with Gasteiger partial charge in [0.1, 0.15) is 5.75 Å². The summed E-state index contributed by atoms with van der Waals surface area (Å²) < 4.78 is 12.7. The molecule has 0 unspecified atom stereocenters. The fourth-order valence-corrected chi connectivity index (χ4v) is 13.9. The van der Waals surface area contributed by atoms with Gasteiger partial charge in [0.2, 0.25) is 11.8 Å². The van der Waals surface area contributed by atoms with E-state index in [0.717, 1.165) is 91.8 Å². The third kappa shape index (κ3) is 7.01. The summed E-state index contributed by atoms with van der Waals surface area (Å²) in [6.07, 6.45) is 9.31. The van der Waals surface area contributed by atoms with E-state index in [1.165, 1.54) is 5.19 Å². The Labute approximate surface area is 321 Å². The molecule has 4 atom stereocenters. The molecule has 54 heavy (non-hydrogen) atoms. The molecule has 7 rings (SSSR count). The molecule has 3 saturated heterocycles. The molecule has 288 valence electrons. The van der Waals surface area contributed by atoms with E-state index >= 15 is 4.79 Å². The number of aliphatic hydroxyl groups excluding tert-OH is 1. The molecule has 4 aliphatic heterocycles. The number of aliphatic hydroxyl groups is 1. The molecule has 3 amide bonds. The summed E-state index contributed by atoms with van der Waals surface area (Å²) in [4.78, 5) is 47.5. The molecule has 4 aliphatic rings. The van der Waals surface area contributed by atoms with E-state index in [2.05, 4.69) is 38.2 Å². The van der Waals surface area contributed by atoms with E-state index in [1.54, 1.807) is 7.11 Å². The summed E-state index contributed by atoms with van der Waals surface area (Å²) in [7, 11) is -0.681. The highest BCUT2D eigenvalue weighted by atomic mass is 28.3. The molecule has 3 aromatic carbocycles. The lowest BCUT2D eigenvalue weighted by Gasteiger charge is -2.37. The van der Waals surface area contributed by atoms with E-state index < -0.39 is 13.7 Å². The molecule has 1 spiro atoms. The number of hydrogen-bond donors (Lipinski definition) is 1. The highest BCUT2D eigenvalue weighted by Crippen LogP contribution is 2.60. The number of amides is 3. The summed E-state index contributed by atoms with van der Waals surface area (Å²) in [5.74, 6) is 0.767. The van der Waals surface area contributed by atoms with Crippen molar-refractivity contribution in [1.82, 2.24) is 0 Å². The second kappa shape index (κ2) is 16.0. The van der Waals surface area contributed by atoms with Crippen LogP contribution in [-0.4, -0.2) is 63.8 Å². The lowest BCUT2D eigenvalue weighted by Crippen LogP contribution is -2.51. The summed E-state index contributed by atoms with van der Waals surface area (Å²) in [5.41, 5.74) is 2.99. The molecule has 1 N–H and O–H groups in total. The second-order valence-corrected chi connectivity index (χ2v) is 21.0. The van der Waals surface area contributed by atoms with Gasteiger partial charge in [-0.15, -0.1) is 0 Å². The Morgan fingerprint density at radius 2 is 1.39 bits per heavy atom. The van der Waals surface area contributed by atoms with Crippen molar-refractivity contribution in [3.8, 4) is 5.75 Å². The van der Waals surface area contributed by atoms with Crippen LogP contribution in [0.5, 0.6) is 5.75 Å². The van der Waals surface area contributed by atoms with Gasteiger partial charge in [0, 0.05) is 55.4 Å². The number of methoxy groups -OCH3 is 1. The van der Waals surface area contributed by atoms with Gasteiger partial charge >= 0.3 is 0 Å². The number of nitrogens with zero attached hydrogens (tertiary/aromatic N) is 3. The monoisotopic (exact) mass is 751 g/mol. The van der Waals surface area contributed by atoms with Crippen molar-refractivity contribution in [1.29, 1.82) is 0 Å². The second-order valence-electron chi connectivity index (χ2n) is 16.3. The van der Waals surface area contributed by atoms with Gasteiger partial charge in [-0.2, -0.15) is 0 Å². The standard InChI is InChI=1S/C44H57N3O6Si/c1-31-42(54(3,4)36-22-20-35(52-2)21-23-36)39(25-28-48)53-44(31)37-29-34(46-27-12-8-6-10-14-41(46)50)19-24-38(37)47(43(44)51)30-32-15-17-33(18-16-32)45-26-11-7-5-9-13-40(45)49/h15-24,29,31,39,42,48H,5-14,25-28,30H2,1-4H3/t31-,39+,42-,44+/m1/s1. The fourth-order valence-electron chi connectivity index (χ4n) is 9.85. The van der Waals surface area contributed by atoms with Crippen molar-refractivity contribution in [2.45, 2.75) is 114 Å². The SMILES string of the molecule is COc1ccc([Si](C)(C)[C@H]2[C@H](CCO)O[C@@]3(C(=O)N(Cc4ccc(N5CCCCCCC5=O)cc4)c4ccc(N5CCCCCCC5=O)cc43)[C@@H]2C)cc1. The third-order valence-electron chi connectivity index (χ3n) is 12.8. The summed E-state index contributed by atoms with van der Waals surface area (Å²) in [6, 6.07) is 22.4. The molecule has 0 aliphatic carbocycles. The smallest absolute Gasteiger partial charge is 0.264 e. The van der Waals surface area contributed by atoms with Gasteiger partial charge in [-0.05, 0) is 85.7 Å². The molecule has 3 aromatic rings. The lowest BCUT2D eigenvalue weighted by atomic mass is 9.82. The number of carbonyl (C=O) groups excluding carboxylic acids is 3. The molecule has 0 radical (unpaired) electrons. The van der Waals surface area contributed by atoms with Crippen LogP contribution in [0.1, 0.15) is 88.7 Å². The number of rotatable bonds is 9. The molecule has 4 heterocycles. The van der Waals surface area contributed by atoms with Crippen molar-refractivity contribution < 1.29 is 29.0 Å². The number of hydrogen-bond acceptors (Lipinski definition) is 6. The zero-order valence-corrected chi connectivity index (χ0v) is 33.5. The Hall–Kier alpha value is -3.99. The van der Waals surface area contributed by atoms with Crippen LogP contribution in [0, 0.1) is 5.92 Å². The van der Waals surface area contributed by atoms with E-state index in [9.17, 15) is 14.7 Å². The van der Waals surface area contributed by atoms with Crippen molar-refractivity contribution in [3.63, 3.8) is 0 Å². The maximum Gasteiger partial charge on any atom is 0.264 e. The van der Waals surface area contributed by atoms with Gasteiger partial charge in [-0.25, -0.2) is 0 Å². The first-order valence-electron chi connectivity index (χ1n) is 20.2. The molecule has 9 nitrogen and oxygen atoms in total. The summed E-state index contributed by atoms with van der Waals surface area (Å²) in [6.45, 7) is 8.52. The van der Waals surface area contributed by atoms with Crippen molar-refractivity contribution in [2.24, 2.45) is 5.92 Å². The van der Waals surface area contributed by atoms with E-state index in [4.69, 9.17) is 9.47 Å². The Morgan fingerprint density at radius 1 is 0.796 bits per heavy atom. The van der Waals surface area contributed by atoms with Crippen LogP contribution in [0.25, 0.3) is 0 Å². The van der Waals surface area contributed by atoms with Crippen LogP contribution >= 0.6 is 0 Å². The van der Waals surface area contributed by atoms with Crippen LogP contribution in [0.15, 0.2) is 66.7 Å². The maximum absolute atomic E-state index is 15.3. The zero-order chi connectivity index (χ0) is 38.0. The van der Waals surface area contributed by atoms with Gasteiger partial charge in [0.05, 0.1) is 33.5 Å². The van der Waals surface area contributed by atoms with E-state index in [1.807, 2.05) is 63.2 Å². The van der Waals surface area contributed by atoms with Gasteiger partial charge < -0.3 is 29.3 Å². The van der Waals surface area contributed by atoms with Crippen LogP contribution in [0.2, 0.25) is 18.6 Å². The Morgan fingerprint density at radius 3 is 2.00 bits per heavy atom. The van der Waals surface area contributed by atoms with Gasteiger partial charge in [-0.3, -0.25) is 14.4 Å². The van der Waals surface area contributed by atoms with Gasteiger partial charge in [-0.1, -0.05) is 75.2 Å². The highest BCUT2D eigenvalue weighted by Gasteiger charge is 2.66. The number of benzene rings is 3. The number of fused-ring (bicyclic) bond motifs is 2. The fraction of sp³-hybridized carbons (Fsp3) is 0.523. The molecular formula is C44H57N3O6Si. The molecule has 0 saturated carbocycles. The van der Waals surface area contributed by atoms with E-state index in [0.29, 0.717) is 32.4 Å². The van der Waals surface area contributed by atoms with Crippen LogP contribution < -0.4 is 24.6 Å². The first-order valence-corrected chi connectivity index (χ1v) is 23.3. The van der Waals surface area contributed by atoms with Crippen LogP contribution in [0.4, 0.5) is 17.1 Å². The normalized spacial score (nSPS) is 25.4. The minimum absolute atomic E-state index is 0.0106. The lowest BCUT2D eigenvalue weighted by molar-refractivity contribution is -0.146. The minimum atomic E-state index is -2.35. The number of anilines is 3. The van der Waals surface area contributed by atoms with Gasteiger partial charge in [0.25, 0.3) is 5.91 Å². The number of carbonyl (C=O) groups is 3. The average Bonchev–Trinajstić information content (AvgIpc) is 3.58. The Bertz CT molecular complexity index is 1830. The topological polar surface area (TPSA) is 99.6 Å². The molecular weight excluding hydrogens is 695 g/mol. The van der Waals surface area contributed by atoms with Crippen LogP contribution in [0.3, 0.4) is 0 Å². The van der Waals surface area contributed by atoms with Gasteiger partial charge in [0.15, 0.2) is 5.60 Å². The van der Waals surface area contributed by atoms with Crippen LogP contribution in [-0.2, 0) is 31.3 Å². The predicted octanol–water partition coefficient (Wildman–Crippen LogP) is 7.43. The average molecular weight is 752 g/mol. The van der Waals surface area contributed by atoms with Crippen molar-refractivity contribution in [2.75, 3.05) is 41.5 Å². The van der Waals surface area contributed by atoms with Crippen molar-refractivity contribution in [3.05, 3.63) is 77.9 Å². The summed E-state index contributed by atoms with van der Waals surface area (Å²) in [5, 5.41) is 11.6. The maximum atomic E-state index is 15.3. The molecule has 3 fully saturated rings. The number of ether oxygens (including phenoxy) is 2. The quantitative estimate of drug-likeness (QED) is 0.229. The molecule has 0 bridgehead atoms. The largest absolute Gasteiger partial charge is 0.497 e. The van der Waals surface area contributed by atoms with E-state index in [-0.39, 0.29) is 41.9 Å². The zero-order valence-electron chi connectivity index (χ0n) is 32.5. The third-order valence-corrected chi connectivity index (χ3v) is 17.1. The highest BCUT2D eigenvalue weighted by molar-refractivity contribution is 6.91. The molecule has 10 heteroatoms. The first kappa shape index (κ1) is 38.3. The predicted molar refractivity (Wildman–Crippen MR) is 216 cm³/mol. The molecule has 0 aromatic heterocycles. The summed E-state index contributed by atoms with van der Waals surface area (Å²) >= 11 is 0. The van der Waals surface area contributed by atoms with Crippen molar-refractivity contribution >= 4 is 48.0 Å². The Balaban J connectivity index is 1.28. The minimum Gasteiger partial charge on any atom is -0.497 e. The Kier molecular flexibility index (Phi) is 11.3.